The second-order valence-corrected chi connectivity index (χ2v) is 15.3. The van der Waals surface area contributed by atoms with E-state index in [4.69, 9.17) is 0 Å². The third-order valence-electron chi connectivity index (χ3n) is 12.0. The van der Waals surface area contributed by atoms with E-state index < -0.39 is 0 Å². The Balaban J connectivity index is 1.12. The number of fused-ring (bicyclic) bond motifs is 5. The maximum atomic E-state index is 2.41. The molecule has 0 fully saturated rings. The minimum absolute atomic E-state index is 0.0514. The predicted molar refractivity (Wildman–Crippen MR) is 227 cm³/mol. The van der Waals surface area contributed by atoms with Gasteiger partial charge in [0.2, 0.25) is 0 Å². The molecular weight excluding hydrogens is 637 g/mol. The molecule has 10 aromatic rings. The van der Waals surface area contributed by atoms with Crippen LogP contribution < -0.4 is 0 Å². The molecular formula is C53H36. The molecule has 0 aromatic heterocycles. The first-order valence-corrected chi connectivity index (χ1v) is 18.7. The molecule has 1 aliphatic rings. The lowest BCUT2D eigenvalue weighted by molar-refractivity contribution is 0.666. The van der Waals surface area contributed by atoms with Crippen LogP contribution in [-0.4, -0.2) is 0 Å². The summed E-state index contributed by atoms with van der Waals surface area (Å²) in [7, 11) is 0. The van der Waals surface area contributed by atoms with Gasteiger partial charge >= 0.3 is 0 Å². The van der Waals surface area contributed by atoms with Crippen molar-refractivity contribution < 1.29 is 0 Å². The molecule has 0 bridgehead atoms. The van der Waals surface area contributed by atoms with Crippen LogP contribution in [0.25, 0.3) is 98.7 Å². The Morgan fingerprint density at radius 3 is 1.51 bits per heavy atom. The Bertz CT molecular complexity index is 3060. The molecule has 11 rings (SSSR count). The van der Waals surface area contributed by atoms with Crippen molar-refractivity contribution in [3.63, 3.8) is 0 Å². The second kappa shape index (κ2) is 11.2. The van der Waals surface area contributed by atoms with Crippen molar-refractivity contribution >= 4 is 43.1 Å². The topological polar surface area (TPSA) is 0 Å². The summed E-state index contributed by atoms with van der Waals surface area (Å²) in [5.41, 5.74) is 15.4. The van der Waals surface area contributed by atoms with Gasteiger partial charge in [-0.1, -0.05) is 172 Å². The fourth-order valence-electron chi connectivity index (χ4n) is 9.47. The second-order valence-electron chi connectivity index (χ2n) is 15.3. The Kier molecular flexibility index (Phi) is 6.40. The van der Waals surface area contributed by atoms with Crippen LogP contribution in [0, 0.1) is 0 Å². The summed E-state index contributed by atoms with van der Waals surface area (Å²) in [4.78, 5) is 0. The molecule has 0 N–H and O–H groups in total. The van der Waals surface area contributed by atoms with Gasteiger partial charge in [0, 0.05) is 5.41 Å². The van der Waals surface area contributed by atoms with E-state index in [0.717, 1.165) is 0 Å². The largest absolute Gasteiger partial charge is 0.0622 e. The predicted octanol–water partition coefficient (Wildman–Crippen LogP) is 14.7. The molecule has 0 aliphatic heterocycles. The zero-order valence-electron chi connectivity index (χ0n) is 29.8. The molecule has 1 aliphatic carbocycles. The van der Waals surface area contributed by atoms with Crippen molar-refractivity contribution in [2.45, 2.75) is 19.3 Å². The monoisotopic (exact) mass is 672 g/mol. The summed E-state index contributed by atoms with van der Waals surface area (Å²) in [5, 5.41) is 10.5. The fourth-order valence-corrected chi connectivity index (χ4v) is 9.47. The van der Waals surface area contributed by atoms with E-state index in [1.54, 1.807) is 0 Å². The van der Waals surface area contributed by atoms with Gasteiger partial charge in [0.1, 0.15) is 0 Å². The van der Waals surface area contributed by atoms with Gasteiger partial charge in [-0.15, -0.1) is 0 Å². The van der Waals surface area contributed by atoms with E-state index in [1.165, 1.54) is 110 Å². The summed E-state index contributed by atoms with van der Waals surface area (Å²) in [6.07, 6.45) is 0. The van der Waals surface area contributed by atoms with E-state index in [1.807, 2.05) is 0 Å². The zero-order chi connectivity index (χ0) is 35.3. The lowest BCUT2D eigenvalue weighted by atomic mass is 9.80. The Hall–Kier alpha value is -6.50. The number of benzene rings is 10. The van der Waals surface area contributed by atoms with Crippen molar-refractivity contribution in [3.8, 4) is 55.6 Å². The van der Waals surface area contributed by atoms with Gasteiger partial charge in [-0.3, -0.25) is 0 Å². The van der Waals surface area contributed by atoms with Crippen molar-refractivity contribution in [2.24, 2.45) is 0 Å². The Labute approximate surface area is 310 Å². The zero-order valence-corrected chi connectivity index (χ0v) is 29.8. The molecule has 0 unspecified atom stereocenters. The van der Waals surface area contributed by atoms with Crippen LogP contribution in [-0.2, 0) is 5.41 Å². The summed E-state index contributed by atoms with van der Waals surface area (Å²) in [6.45, 7) is 4.75. The Morgan fingerprint density at radius 1 is 0.302 bits per heavy atom. The minimum Gasteiger partial charge on any atom is -0.0622 e. The normalized spacial score (nSPS) is 13.2. The van der Waals surface area contributed by atoms with Crippen molar-refractivity contribution in [2.75, 3.05) is 0 Å². The molecule has 0 nitrogen and oxygen atoms in total. The highest BCUT2D eigenvalue weighted by Crippen LogP contribution is 2.51. The van der Waals surface area contributed by atoms with Gasteiger partial charge in [-0.05, 0) is 134 Å². The standard InChI is InChI=1S/C53H36/c1-53(2)49-16-10-9-15-45(49)48-28-22-38-29-37(21-25-44(38)52(48)53)40-30-39(33-11-5-3-6-12-33)31-41(32-40)43-24-18-36-19-26-46-42(34-13-7-4-8-14-34)23-17-35-20-27-47(43)51(36)50(35)46/h3-32H,1-2H3. The van der Waals surface area contributed by atoms with Crippen LogP contribution in [0.5, 0.6) is 0 Å². The molecule has 0 radical (unpaired) electrons. The lowest BCUT2D eigenvalue weighted by Crippen LogP contribution is -2.15. The maximum absolute atomic E-state index is 2.41. The third kappa shape index (κ3) is 4.49. The van der Waals surface area contributed by atoms with Crippen LogP contribution in [0.4, 0.5) is 0 Å². The smallest absolute Gasteiger partial charge is 0.0165 e. The first kappa shape index (κ1) is 30.2. The molecule has 10 aromatic carbocycles. The Morgan fingerprint density at radius 2 is 0.811 bits per heavy atom. The number of rotatable bonds is 4. The molecule has 53 heavy (non-hydrogen) atoms. The summed E-state index contributed by atoms with van der Waals surface area (Å²) in [5.74, 6) is 0. The third-order valence-corrected chi connectivity index (χ3v) is 12.0. The van der Waals surface area contributed by atoms with E-state index in [9.17, 15) is 0 Å². The molecule has 0 heterocycles. The molecule has 0 saturated heterocycles. The molecule has 0 spiro atoms. The fraction of sp³-hybridized carbons (Fsp3) is 0.0566. The summed E-state index contributed by atoms with van der Waals surface area (Å²) >= 11 is 0. The van der Waals surface area contributed by atoms with Crippen LogP contribution in [0.3, 0.4) is 0 Å². The van der Waals surface area contributed by atoms with Gasteiger partial charge in [-0.2, -0.15) is 0 Å². The molecule has 248 valence electrons. The van der Waals surface area contributed by atoms with Gasteiger partial charge in [0.15, 0.2) is 0 Å². The number of hydrogen-bond acceptors (Lipinski definition) is 0. The molecule has 0 amide bonds. The van der Waals surface area contributed by atoms with E-state index in [0.29, 0.717) is 0 Å². The highest BCUT2D eigenvalue weighted by Gasteiger charge is 2.36. The van der Waals surface area contributed by atoms with Gasteiger partial charge in [-0.25, -0.2) is 0 Å². The van der Waals surface area contributed by atoms with Crippen molar-refractivity contribution in [3.05, 3.63) is 193 Å². The minimum atomic E-state index is -0.0514. The van der Waals surface area contributed by atoms with Gasteiger partial charge < -0.3 is 0 Å². The highest BCUT2D eigenvalue weighted by atomic mass is 14.4. The van der Waals surface area contributed by atoms with Gasteiger partial charge in [0.05, 0.1) is 0 Å². The molecule has 0 heteroatoms. The van der Waals surface area contributed by atoms with Crippen LogP contribution in [0.15, 0.2) is 182 Å². The molecule has 0 saturated carbocycles. The van der Waals surface area contributed by atoms with Crippen LogP contribution >= 0.6 is 0 Å². The average molecular weight is 673 g/mol. The van der Waals surface area contributed by atoms with E-state index in [2.05, 4.69) is 196 Å². The summed E-state index contributed by atoms with van der Waals surface area (Å²) < 4.78 is 0. The summed E-state index contributed by atoms with van der Waals surface area (Å²) in [6, 6.07) is 67.9. The molecule has 0 atom stereocenters. The first-order valence-electron chi connectivity index (χ1n) is 18.7. The highest BCUT2D eigenvalue weighted by molar-refractivity contribution is 6.27. The van der Waals surface area contributed by atoms with Crippen LogP contribution in [0.2, 0.25) is 0 Å². The average Bonchev–Trinajstić information content (AvgIpc) is 3.46. The lowest BCUT2D eigenvalue weighted by Gasteiger charge is -2.23. The van der Waals surface area contributed by atoms with E-state index >= 15 is 0 Å². The quantitative estimate of drug-likeness (QED) is 0.163. The van der Waals surface area contributed by atoms with Gasteiger partial charge in [0.25, 0.3) is 0 Å². The maximum Gasteiger partial charge on any atom is 0.0165 e. The van der Waals surface area contributed by atoms with E-state index in [-0.39, 0.29) is 5.41 Å². The first-order chi connectivity index (χ1) is 26.0. The number of hydrogen-bond donors (Lipinski definition) is 0. The van der Waals surface area contributed by atoms with Crippen LogP contribution in [0.1, 0.15) is 25.0 Å². The van der Waals surface area contributed by atoms with Crippen molar-refractivity contribution in [1.29, 1.82) is 0 Å². The van der Waals surface area contributed by atoms with Crippen molar-refractivity contribution in [1.82, 2.24) is 0 Å². The SMILES string of the molecule is CC1(C)c2ccccc2-c2ccc3cc(-c4cc(-c5ccccc5)cc(-c5ccc6ccc7c(-c8ccccc8)ccc8ccc5c6c87)c4)ccc3c21.